The summed E-state index contributed by atoms with van der Waals surface area (Å²) >= 11 is 0. The molecule has 2 aromatic carbocycles. The van der Waals surface area contributed by atoms with Crippen molar-refractivity contribution < 1.29 is 0 Å². The zero-order chi connectivity index (χ0) is 13.8. The molecule has 3 N–H and O–H groups in total. The normalized spacial score (nSPS) is 22.9. The highest BCUT2D eigenvalue weighted by atomic mass is 15.0. The molecule has 0 unspecified atom stereocenters. The lowest BCUT2D eigenvalue weighted by Gasteiger charge is -2.34. The number of benzene rings is 2. The van der Waals surface area contributed by atoms with Crippen molar-refractivity contribution in [3.8, 4) is 0 Å². The first kappa shape index (κ1) is 13.3. The van der Waals surface area contributed by atoms with Crippen molar-refractivity contribution >= 4 is 0 Å². The largest absolute Gasteiger partial charge is 0.327 e. The van der Waals surface area contributed by atoms with Crippen LogP contribution in [-0.2, 0) is 0 Å². The molecular weight excluding hydrogens is 244 g/mol. The van der Waals surface area contributed by atoms with Gasteiger partial charge in [0.05, 0.1) is 0 Å². The predicted octanol–water partition coefficient (Wildman–Crippen LogP) is 2.90. The van der Waals surface area contributed by atoms with Gasteiger partial charge in [-0.3, -0.25) is 0 Å². The Balaban J connectivity index is 1.92. The van der Waals surface area contributed by atoms with Crippen LogP contribution in [0.2, 0.25) is 0 Å². The average molecular weight is 266 g/mol. The Hall–Kier alpha value is -1.64. The van der Waals surface area contributed by atoms with Gasteiger partial charge in [0.25, 0.3) is 0 Å². The molecule has 1 aliphatic rings. The summed E-state index contributed by atoms with van der Waals surface area (Å²) in [6.07, 6.45) is 2.24. The standard InChI is InChI=1S/C18H22N2/c19-16-11-12-17(20-13-16)18(14-7-3-1-4-8-14)15-9-5-2-6-10-15/h1-10,16-18,20H,11-13,19H2/t16-,17+/m1/s1. The molecule has 0 saturated carbocycles. The van der Waals surface area contributed by atoms with Gasteiger partial charge in [0.15, 0.2) is 0 Å². The van der Waals surface area contributed by atoms with Gasteiger partial charge in [0.1, 0.15) is 0 Å². The van der Waals surface area contributed by atoms with E-state index in [0.717, 1.165) is 19.4 Å². The second kappa shape index (κ2) is 6.21. The fraction of sp³-hybridized carbons (Fsp3) is 0.333. The maximum Gasteiger partial charge on any atom is 0.0243 e. The van der Waals surface area contributed by atoms with E-state index in [2.05, 4.69) is 66.0 Å². The lowest BCUT2D eigenvalue weighted by atomic mass is 9.81. The van der Waals surface area contributed by atoms with Crippen LogP contribution in [0, 0.1) is 0 Å². The van der Waals surface area contributed by atoms with Gasteiger partial charge in [-0.25, -0.2) is 0 Å². The summed E-state index contributed by atoms with van der Waals surface area (Å²) < 4.78 is 0. The first-order valence-corrected chi connectivity index (χ1v) is 7.43. The molecule has 1 aliphatic heterocycles. The molecule has 104 valence electrons. The molecule has 1 fully saturated rings. The quantitative estimate of drug-likeness (QED) is 0.896. The third kappa shape index (κ3) is 2.92. The monoisotopic (exact) mass is 266 g/mol. The molecule has 2 nitrogen and oxygen atoms in total. The summed E-state index contributed by atoms with van der Waals surface area (Å²) in [5.74, 6) is 0.407. The van der Waals surface area contributed by atoms with E-state index in [1.54, 1.807) is 0 Å². The van der Waals surface area contributed by atoms with E-state index in [-0.39, 0.29) is 0 Å². The highest BCUT2D eigenvalue weighted by molar-refractivity contribution is 5.34. The van der Waals surface area contributed by atoms with Crippen LogP contribution in [0.5, 0.6) is 0 Å². The predicted molar refractivity (Wildman–Crippen MR) is 83.7 cm³/mol. The highest BCUT2D eigenvalue weighted by Gasteiger charge is 2.27. The van der Waals surface area contributed by atoms with Gasteiger partial charge in [0.2, 0.25) is 0 Å². The number of nitrogens with one attached hydrogen (secondary N) is 1. The van der Waals surface area contributed by atoms with E-state index in [9.17, 15) is 0 Å². The molecule has 3 rings (SSSR count). The minimum Gasteiger partial charge on any atom is -0.327 e. The highest BCUT2D eigenvalue weighted by Crippen LogP contribution is 2.31. The second-order valence-electron chi connectivity index (χ2n) is 5.65. The molecule has 0 amide bonds. The number of nitrogens with two attached hydrogens (primary N) is 1. The van der Waals surface area contributed by atoms with E-state index in [0.29, 0.717) is 18.0 Å². The summed E-state index contributed by atoms with van der Waals surface area (Å²) in [7, 11) is 0. The minimum atomic E-state index is 0.304. The van der Waals surface area contributed by atoms with E-state index < -0.39 is 0 Å². The number of hydrogen-bond acceptors (Lipinski definition) is 2. The van der Waals surface area contributed by atoms with E-state index in [1.807, 2.05) is 0 Å². The van der Waals surface area contributed by atoms with Crippen LogP contribution < -0.4 is 11.1 Å². The molecule has 0 bridgehead atoms. The number of hydrogen-bond donors (Lipinski definition) is 2. The third-order valence-corrected chi connectivity index (χ3v) is 4.21. The van der Waals surface area contributed by atoms with Crippen LogP contribution in [0.1, 0.15) is 29.9 Å². The van der Waals surface area contributed by atoms with Crippen molar-refractivity contribution in [3.05, 3.63) is 71.8 Å². The molecule has 0 aromatic heterocycles. The van der Waals surface area contributed by atoms with Crippen LogP contribution in [0.25, 0.3) is 0 Å². The Morgan fingerprint density at radius 2 is 1.40 bits per heavy atom. The zero-order valence-electron chi connectivity index (χ0n) is 11.7. The van der Waals surface area contributed by atoms with E-state index in [1.165, 1.54) is 11.1 Å². The molecule has 0 radical (unpaired) electrons. The fourth-order valence-electron chi connectivity index (χ4n) is 3.16. The van der Waals surface area contributed by atoms with Crippen molar-refractivity contribution in [2.75, 3.05) is 6.54 Å². The average Bonchev–Trinajstić information content (AvgIpc) is 2.52. The fourth-order valence-corrected chi connectivity index (χ4v) is 3.16. The molecule has 20 heavy (non-hydrogen) atoms. The molecule has 2 heteroatoms. The van der Waals surface area contributed by atoms with Gasteiger partial charge in [-0.1, -0.05) is 60.7 Å². The topological polar surface area (TPSA) is 38.0 Å². The van der Waals surface area contributed by atoms with Crippen LogP contribution in [0.3, 0.4) is 0 Å². The maximum atomic E-state index is 6.01. The Kier molecular flexibility index (Phi) is 4.14. The summed E-state index contributed by atoms with van der Waals surface area (Å²) in [4.78, 5) is 0. The Labute approximate surface area is 121 Å². The first-order valence-electron chi connectivity index (χ1n) is 7.43. The third-order valence-electron chi connectivity index (χ3n) is 4.21. The lowest BCUT2D eigenvalue weighted by Crippen LogP contribution is -2.48. The van der Waals surface area contributed by atoms with Crippen molar-refractivity contribution in [1.82, 2.24) is 5.32 Å². The van der Waals surface area contributed by atoms with Gasteiger partial charge in [-0.15, -0.1) is 0 Å². The second-order valence-corrected chi connectivity index (χ2v) is 5.65. The van der Waals surface area contributed by atoms with Gasteiger partial charge < -0.3 is 11.1 Å². The molecule has 1 saturated heterocycles. The number of piperidine rings is 1. The van der Waals surface area contributed by atoms with Crippen LogP contribution in [0.4, 0.5) is 0 Å². The summed E-state index contributed by atoms with van der Waals surface area (Å²) in [6, 6.07) is 22.4. The van der Waals surface area contributed by atoms with Crippen molar-refractivity contribution in [1.29, 1.82) is 0 Å². The molecule has 0 aliphatic carbocycles. The van der Waals surface area contributed by atoms with Gasteiger partial charge in [-0.05, 0) is 24.0 Å². The summed E-state index contributed by atoms with van der Waals surface area (Å²) in [5, 5.41) is 3.64. The molecule has 2 atom stereocenters. The SMILES string of the molecule is N[C@@H]1CC[C@@H](C(c2ccccc2)c2ccccc2)NC1. The molecular formula is C18H22N2. The Morgan fingerprint density at radius 1 is 0.850 bits per heavy atom. The zero-order valence-corrected chi connectivity index (χ0v) is 11.7. The van der Waals surface area contributed by atoms with Crippen molar-refractivity contribution in [3.63, 3.8) is 0 Å². The Bertz CT molecular complexity index is 476. The number of rotatable bonds is 3. The molecule has 1 heterocycles. The Morgan fingerprint density at radius 3 is 1.85 bits per heavy atom. The van der Waals surface area contributed by atoms with E-state index >= 15 is 0 Å². The molecule has 0 spiro atoms. The first-order chi connectivity index (χ1) is 9.84. The van der Waals surface area contributed by atoms with Gasteiger partial charge >= 0.3 is 0 Å². The molecule has 2 aromatic rings. The maximum absolute atomic E-state index is 6.01. The summed E-state index contributed by atoms with van der Waals surface area (Å²) in [5.41, 5.74) is 8.77. The van der Waals surface area contributed by atoms with Crippen LogP contribution in [-0.4, -0.2) is 18.6 Å². The lowest BCUT2D eigenvalue weighted by molar-refractivity contribution is 0.342. The van der Waals surface area contributed by atoms with Crippen LogP contribution >= 0.6 is 0 Å². The van der Waals surface area contributed by atoms with Gasteiger partial charge in [0, 0.05) is 24.5 Å². The van der Waals surface area contributed by atoms with Crippen molar-refractivity contribution in [2.45, 2.75) is 30.8 Å². The van der Waals surface area contributed by atoms with E-state index in [4.69, 9.17) is 5.73 Å². The van der Waals surface area contributed by atoms with Gasteiger partial charge in [-0.2, -0.15) is 0 Å². The summed E-state index contributed by atoms with van der Waals surface area (Å²) in [6.45, 7) is 0.917. The van der Waals surface area contributed by atoms with Crippen molar-refractivity contribution in [2.24, 2.45) is 5.73 Å². The van der Waals surface area contributed by atoms with Crippen LogP contribution in [0.15, 0.2) is 60.7 Å². The smallest absolute Gasteiger partial charge is 0.0243 e. The minimum absolute atomic E-state index is 0.304.